The summed E-state index contributed by atoms with van der Waals surface area (Å²) in [6, 6.07) is 28.1. The first-order chi connectivity index (χ1) is 19.1. The molecule has 0 amide bonds. The lowest BCUT2D eigenvalue weighted by atomic mass is 10.1. The molecule has 1 aliphatic rings. The Bertz CT molecular complexity index is 1090. The Hall–Kier alpha value is -1.36. The maximum Gasteiger partial charge on any atom is 0.123 e. The van der Waals surface area contributed by atoms with Gasteiger partial charge in [-0.15, -0.1) is 0 Å². The molecule has 0 N–H and O–H groups in total. The molecule has 3 aromatic rings. The van der Waals surface area contributed by atoms with Gasteiger partial charge in [0.25, 0.3) is 0 Å². The molecule has 0 aliphatic carbocycles. The number of unbranched alkanes of at least 4 members (excludes halogenated alkanes) is 10. The molecule has 0 aromatic heterocycles. The van der Waals surface area contributed by atoms with Crippen molar-refractivity contribution in [1.29, 1.82) is 0 Å². The lowest BCUT2D eigenvalue weighted by Gasteiger charge is -2.45. The Morgan fingerprint density at radius 3 is 1.51 bits per heavy atom. The zero-order chi connectivity index (χ0) is 27.5. The summed E-state index contributed by atoms with van der Waals surface area (Å²) in [7, 11) is -1.98. The zero-order valence-corrected chi connectivity index (χ0v) is 28.3. The molecule has 0 spiro atoms. The van der Waals surface area contributed by atoms with E-state index < -0.39 is 8.07 Å². The SMILES string of the molecule is CCCCCCCC[Si]1(CCCCCCCC)c2cc(Br)ccc2N(Cc2ccccc2)c2ccc(Br)cc21. The van der Waals surface area contributed by atoms with E-state index in [1.165, 1.54) is 115 Å². The van der Waals surface area contributed by atoms with Crippen molar-refractivity contribution in [3.05, 3.63) is 81.2 Å². The monoisotopic (exact) mass is 667 g/mol. The van der Waals surface area contributed by atoms with Crippen molar-refractivity contribution >= 4 is 61.7 Å². The summed E-state index contributed by atoms with van der Waals surface area (Å²) in [6.45, 7) is 5.53. The molecular formula is C35H47Br2NSi. The zero-order valence-electron chi connectivity index (χ0n) is 24.2. The second-order valence-electron chi connectivity index (χ2n) is 11.5. The third-order valence-corrected chi connectivity index (χ3v) is 14.9. The standard InChI is InChI=1S/C35H47Br2NSi/c1-3-5-7-9-11-16-24-39(25-17-12-10-8-6-4-2)34-26-30(36)20-22-32(34)38(28-29-18-14-13-15-19-29)33-23-21-31(37)27-35(33)39/h13-15,18-23,26-27H,3-12,16-17,24-25,28H2,1-2H3. The van der Waals surface area contributed by atoms with E-state index in [0.717, 1.165) is 6.54 Å². The number of hydrogen-bond donors (Lipinski definition) is 0. The maximum atomic E-state index is 3.90. The highest BCUT2D eigenvalue weighted by Crippen LogP contribution is 2.39. The second kappa shape index (κ2) is 15.6. The van der Waals surface area contributed by atoms with Crippen molar-refractivity contribution in [2.75, 3.05) is 4.90 Å². The molecular weight excluding hydrogens is 622 g/mol. The molecule has 0 unspecified atom stereocenters. The molecule has 4 heteroatoms. The van der Waals surface area contributed by atoms with Gasteiger partial charge in [0.05, 0.1) is 0 Å². The molecule has 39 heavy (non-hydrogen) atoms. The van der Waals surface area contributed by atoms with E-state index >= 15 is 0 Å². The quantitative estimate of drug-likeness (QED) is 0.108. The van der Waals surface area contributed by atoms with Gasteiger partial charge in [-0.25, -0.2) is 0 Å². The van der Waals surface area contributed by atoms with Crippen LogP contribution < -0.4 is 15.3 Å². The van der Waals surface area contributed by atoms with Crippen LogP contribution in [0.4, 0.5) is 11.4 Å². The van der Waals surface area contributed by atoms with Gasteiger partial charge in [0, 0.05) is 26.9 Å². The molecule has 1 aliphatic heterocycles. The van der Waals surface area contributed by atoms with Crippen LogP contribution in [-0.2, 0) is 6.54 Å². The van der Waals surface area contributed by atoms with Gasteiger partial charge in [-0.05, 0) is 64.4 Å². The minimum Gasteiger partial charge on any atom is -0.337 e. The van der Waals surface area contributed by atoms with E-state index in [4.69, 9.17) is 0 Å². The van der Waals surface area contributed by atoms with Gasteiger partial charge < -0.3 is 4.90 Å². The molecule has 0 atom stereocenters. The fourth-order valence-electron chi connectivity index (χ4n) is 6.54. The predicted octanol–water partition coefficient (Wildman–Crippen LogP) is 11.1. The van der Waals surface area contributed by atoms with Gasteiger partial charge in [0.15, 0.2) is 0 Å². The molecule has 3 aromatic carbocycles. The summed E-state index contributed by atoms with van der Waals surface area (Å²) in [5.74, 6) is 0. The number of benzene rings is 3. The first-order valence-corrected chi connectivity index (χ1v) is 19.5. The van der Waals surface area contributed by atoms with Gasteiger partial charge in [0.1, 0.15) is 8.07 Å². The van der Waals surface area contributed by atoms with Crippen LogP contribution in [0, 0.1) is 0 Å². The lowest BCUT2D eigenvalue weighted by Crippen LogP contribution is -2.63. The fourth-order valence-corrected chi connectivity index (χ4v) is 13.3. The highest BCUT2D eigenvalue weighted by atomic mass is 79.9. The predicted molar refractivity (Wildman–Crippen MR) is 182 cm³/mol. The number of anilines is 2. The molecule has 0 saturated carbocycles. The van der Waals surface area contributed by atoms with E-state index in [9.17, 15) is 0 Å². The van der Waals surface area contributed by atoms with E-state index in [2.05, 4.69) is 117 Å². The van der Waals surface area contributed by atoms with Crippen molar-refractivity contribution in [2.45, 2.75) is 110 Å². The van der Waals surface area contributed by atoms with Crippen LogP contribution in [0.3, 0.4) is 0 Å². The van der Waals surface area contributed by atoms with E-state index in [1.807, 2.05) is 0 Å². The Morgan fingerprint density at radius 1 is 0.564 bits per heavy atom. The number of fused-ring (bicyclic) bond motifs is 2. The molecule has 4 rings (SSSR count). The fraction of sp³-hybridized carbons (Fsp3) is 0.486. The minimum atomic E-state index is -1.98. The largest absolute Gasteiger partial charge is 0.337 e. The van der Waals surface area contributed by atoms with Crippen LogP contribution in [0.2, 0.25) is 12.1 Å². The van der Waals surface area contributed by atoms with Crippen molar-refractivity contribution in [1.82, 2.24) is 0 Å². The minimum absolute atomic E-state index is 0.905. The number of hydrogen-bond acceptors (Lipinski definition) is 1. The van der Waals surface area contributed by atoms with Crippen molar-refractivity contribution in [2.24, 2.45) is 0 Å². The topological polar surface area (TPSA) is 3.24 Å². The van der Waals surface area contributed by atoms with Crippen LogP contribution in [0.15, 0.2) is 75.7 Å². The van der Waals surface area contributed by atoms with Crippen LogP contribution >= 0.6 is 31.9 Å². The van der Waals surface area contributed by atoms with Crippen LogP contribution in [-0.4, -0.2) is 8.07 Å². The Labute approximate surface area is 256 Å². The lowest BCUT2D eigenvalue weighted by molar-refractivity contribution is 0.616. The van der Waals surface area contributed by atoms with E-state index in [1.54, 1.807) is 10.4 Å². The van der Waals surface area contributed by atoms with Gasteiger partial charge in [0.2, 0.25) is 0 Å². The third kappa shape index (κ3) is 7.89. The highest BCUT2D eigenvalue weighted by Gasteiger charge is 2.44. The summed E-state index contributed by atoms with van der Waals surface area (Å²) in [6.07, 6.45) is 16.4. The number of halogens is 2. The van der Waals surface area contributed by atoms with Gasteiger partial charge in [-0.1, -0.05) is 153 Å². The molecule has 1 nitrogen and oxygen atoms in total. The molecule has 0 bridgehead atoms. The van der Waals surface area contributed by atoms with Crippen LogP contribution in [0.25, 0.3) is 0 Å². The van der Waals surface area contributed by atoms with Crippen LogP contribution in [0.5, 0.6) is 0 Å². The summed E-state index contributed by atoms with van der Waals surface area (Å²) >= 11 is 7.80. The summed E-state index contributed by atoms with van der Waals surface area (Å²) in [4.78, 5) is 2.60. The first kappa shape index (κ1) is 30.6. The Kier molecular flexibility index (Phi) is 12.2. The second-order valence-corrected chi connectivity index (χ2v) is 17.6. The van der Waals surface area contributed by atoms with Crippen LogP contribution in [0.1, 0.15) is 96.5 Å². The Balaban J connectivity index is 1.74. The maximum absolute atomic E-state index is 3.90. The van der Waals surface area contributed by atoms with E-state index in [-0.39, 0.29) is 0 Å². The van der Waals surface area contributed by atoms with E-state index in [0.29, 0.717) is 0 Å². The van der Waals surface area contributed by atoms with Gasteiger partial charge >= 0.3 is 0 Å². The van der Waals surface area contributed by atoms with Crippen molar-refractivity contribution < 1.29 is 0 Å². The van der Waals surface area contributed by atoms with Gasteiger partial charge in [-0.3, -0.25) is 0 Å². The average molecular weight is 670 g/mol. The van der Waals surface area contributed by atoms with Crippen molar-refractivity contribution in [3.63, 3.8) is 0 Å². The Morgan fingerprint density at radius 2 is 1.03 bits per heavy atom. The normalized spacial score (nSPS) is 13.8. The third-order valence-electron chi connectivity index (χ3n) is 8.63. The van der Waals surface area contributed by atoms with Gasteiger partial charge in [-0.2, -0.15) is 0 Å². The summed E-state index contributed by atoms with van der Waals surface area (Å²) < 4.78 is 2.45. The molecule has 0 radical (unpaired) electrons. The van der Waals surface area contributed by atoms with Crippen molar-refractivity contribution in [3.8, 4) is 0 Å². The summed E-state index contributed by atoms with van der Waals surface area (Å²) in [5, 5.41) is 3.31. The number of rotatable bonds is 16. The molecule has 1 heterocycles. The molecule has 0 fully saturated rings. The average Bonchev–Trinajstić information content (AvgIpc) is 2.95. The summed E-state index contributed by atoms with van der Waals surface area (Å²) in [5.41, 5.74) is 4.25. The first-order valence-electron chi connectivity index (χ1n) is 15.5. The smallest absolute Gasteiger partial charge is 0.123 e. The highest BCUT2D eigenvalue weighted by molar-refractivity contribution is 9.10. The number of nitrogens with zero attached hydrogens (tertiary/aromatic N) is 1. The molecule has 210 valence electrons. The molecule has 0 saturated heterocycles.